The van der Waals surface area contributed by atoms with Crippen LogP contribution in [0.2, 0.25) is 5.15 Å². The second-order valence-electron chi connectivity index (χ2n) is 5.01. The van der Waals surface area contributed by atoms with Gasteiger partial charge in [0.15, 0.2) is 0 Å². The Labute approximate surface area is 127 Å². The normalized spacial score (nSPS) is 19.6. The molecule has 0 radical (unpaired) electrons. The molecular formula is C13H17ClN4O3. The summed E-state index contributed by atoms with van der Waals surface area (Å²) >= 11 is 5.77. The summed E-state index contributed by atoms with van der Waals surface area (Å²) in [7, 11) is 0. The summed E-state index contributed by atoms with van der Waals surface area (Å²) in [6.07, 6.45) is 1.03. The van der Waals surface area contributed by atoms with E-state index in [4.69, 9.17) is 11.6 Å². The summed E-state index contributed by atoms with van der Waals surface area (Å²) in [5.41, 5.74) is -0.313. The molecule has 1 aromatic heterocycles. The summed E-state index contributed by atoms with van der Waals surface area (Å²) in [4.78, 5) is 30.5. The Hall–Kier alpha value is -1.73. The number of pyridine rings is 1. The van der Waals surface area contributed by atoms with Gasteiger partial charge in [-0.3, -0.25) is 19.8 Å². The van der Waals surface area contributed by atoms with E-state index in [9.17, 15) is 14.9 Å². The highest BCUT2D eigenvalue weighted by molar-refractivity contribution is 6.29. The second-order valence-corrected chi connectivity index (χ2v) is 5.40. The maximum absolute atomic E-state index is 12.5. The lowest BCUT2D eigenvalue weighted by Crippen LogP contribution is -2.53. The third-order valence-electron chi connectivity index (χ3n) is 3.74. The van der Waals surface area contributed by atoms with Crippen molar-refractivity contribution in [3.63, 3.8) is 0 Å². The molecule has 1 fully saturated rings. The molecule has 1 aromatic rings. The fourth-order valence-corrected chi connectivity index (χ4v) is 2.72. The third-order valence-corrected chi connectivity index (χ3v) is 3.94. The molecule has 0 spiro atoms. The molecule has 8 heteroatoms. The minimum Gasteiger partial charge on any atom is -0.336 e. The van der Waals surface area contributed by atoms with E-state index in [1.54, 1.807) is 4.90 Å². The fraction of sp³-hybridized carbons (Fsp3) is 0.538. The van der Waals surface area contributed by atoms with Gasteiger partial charge in [0.25, 0.3) is 11.6 Å². The van der Waals surface area contributed by atoms with Crippen LogP contribution in [0.5, 0.6) is 0 Å². The van der Waals surface area contributed by atoms with E-state index in [-0.39, 0.29) is 28.4 Å². The van der Waals surface area contributed by atoms with Crippen molar-refractivity contribution in [2.75, 3.05) is 26.2 Å². The Morgan fingerprint density at radius 1 is 1.57 bits per heavy atom. The number of nitro groups is 1. The van der Waals surface area contributed by atoms with Gasteiger partial charge in [-0.15, -0.1) is 0 Å². The zero-order valence-electron chi connectivity index (χ0n) is 12.0. The molecule has 1 unspecified atom stereocenters. The predicted octanol–water partition coefficient (Wildman–Crippen LogP) is 1.81. The highest BCUT2D eigenvalue weighted by Gasteiger charge is 2.30. The minimum absolute atomic E-state index is 0.00264. The molecular weight excluding hydrogens is 296 g/mol. The quantitative estimate of drug-likeness (QED) is 0.483. The first-order valence-corrected chi connectivity index (χ1v) is 7.15. The van der Waals surface area contributed by atoms with Crippen LogP contribution in [-0.2, 0) is 0 Å². The van der Waals surface area contributed by atoms with Crippen molar-refractivity contribution in [2.24, 2.45) is 0 Å². The van der Waals surface area contributed by atoms with Crippen molar-refractivity contribution in [1.29, 1.82) is 0 Å². The zero-order chi connectivity index (χ0) is 15.6. The lowest BCUT2D eigenvalue weighted by molar-refractivity contribution is -0.385. The summed E-state index contributed by atoms with van der Waals surface area (Å²) in [5.74, 6) is -0.367. The van der Waals surface area contributed by atoms with Gasteiger partial charge < -0.3 is 4.90 Å². The Bertz CT molecular complexity index is 566. The van der Waals surface area contributed by atoms with E-state index in [1.807, 2.05) is 6.92 Å². The minimum atomic E-state index is -0.609. The molecule has 0 aliphatic carbocycles. The molecule has 7 nitrogen and oxygen atoms in total. The van der Waals surface area contributed by atoms with Crippen molar-refractivity contribution >= 4 is 23.2 Å². The molecule has 1 saturated heterocycles. The van der Waals surface area contributed by atoms with Crippen LogP contribution >= 0.6 is 11.6 Å². The van der Waals surface area contributed by atoms with E-state index in [1.165, 1.54) is 6.07 Å². The molecule has 114 valence electrons. The van der Waals surface area contributed by atoms with Crippen LogP contribution in [-0.4, -0.2) is 57.8 Å². The monoisotopic (exact) mass is 312 g/mol. The van der Waals surface area contributed by atoms with E-state index in [0.29, 0.717) is 13.1 Å². The maximum Gasteiger partial charge on any atom is 0.300 e. The average molecular weight is 313 g/mol. The molecule has 0 N–H and O–H groups in total. The average Bonchev–Trinajstić information content (AvgIpc) is 2.45. The topological polar surface area (TPSA) is 79.6 Å². The van der Waals surface area contributed by atoms with Crippen molar-refractivity contribution in [3.8, 4) is 0 Å². The Morgan fingerprint density at radius 3 is 2.86 bits per heavy atom. The number of carbonyl (C=O) groups is 1. The summed E-state index contributed by atoms with van der Waals surface area (Å²) in [6.45, 7) is 6.89. The maximum atomic E-state index is 12.5. The number of hydrogen-bond donors (Lipinski definition) is 0. The number of piperazine rings is 1. The number of nitrogens with zero attached hydrogens (tertiary/aromatic N) is 4. The van der Waals surface area contributed by atoms with Crippen LogP contribution in [0, 0.1) is 10.1 Å². The van der Waals surface area contributed by atoms with Crippen molar-refractivity contribution in [1.82, 2.24) is 14.8 Å². The molecule has 0 bridgehead atoms. The number of hydrogen-bond acceptors (Lipinski definition) is 5. The first-order chi connectivity index (χ1) is 9.93. The number of amides is 1. The zero-order valence-corrected chi connectivity index (χ0v) is 12.7. The Morgan fingerprint density at radius 2 is 2.29 bits per heavy atom. The van der Waals surface area contributed by atoms with Gasteiger partial charge in [0, 0.05) is 25.7 Å². The smallest absolute Gasteiger partial charge is 0.300 e. The van der Waals surface area contributed by atoms with Crippen LogP contribution in [0.15, 0.2) is 12.3 Å². The first kappa shape index (κ1) is 15.7. The number of carbonyl (C=O) groups excluding carboxylic acids is 1. The summed E-state index contributed by atoms with van der Waals surface area (Å²) in [5, 5.41) is 11.1. The largest absolute Gasteiger partial charge is 0.336 e. The number of likely N-dealkylation sites (N-methyl/N-ethyl adjacent to an activating group) is 1. The molecule has 21 heavy (non-hydrogen) atoms. The van der Waals surface area contributed by atoms with Gasteiger partial charge in [0.05, 0.1) is 4.92 Å². The van der Waals surface area contributed by atoms with E-state index in [0.717, 1.165) is 19.3 Å². The molecule has 2 heterocycles. The van der Waals surface area contributed by atoms with E-state index < -0.39 is 4.92 Å². The van der Waals surface area contributed by atoms with Gasteiger partial charge in [-0.1, -0.05) is 18.5 Å². The van der Waals surface area contributed by atoms with Crippen LogP contribution in [0.4, 0.5) is 5.69 Å². The first-order valence-electron chi connectivity index (χ1n) is 6.77. The molecule has 1 amide bonds. The predicted molar refractivity (Wildman–Crippen MR) is 78.5 cm³/mol. The van der Waals surface area contributed by atoms with Crippen LogP contribution in [0.25, 0.3) is 0 Å². The number of halogens is 1. The standard InChI is InChI=1S/C13H17ClN4O3/c1-3-16-4-5-17(8-9(16)2)13(19)10-6-12(14)15-7-11(10)18(20)21/h6-7,9H,3-5,8H2,1-2H3. The number of aromatic nitrogens is 1. The third kappa shape index (κ3) is 3.30. The van der Waals surface area contributed by atoms with Crippen LogP contribution in [0.1, 0.15) is 24.2 Å². The van der Waals surface area contributed by atoms with Crippen molar-refractivity contribution in [3.05, 3.63) is 33.1 Å². The summed E-state index contributed by atoms with van der Waals surface area (Å²) < 4.78 is 0. The SMILES string of the molecule is CCN1CCN(C(=O)c2cc(Cl)ncc2[N+](=O)[O-])CC1C. The Kier molecular flexibility index (Phi) is 4.74. The molecule has 1 aliphatic heterocycles. The fourth-order valence-electron chi connectivity index (χ4n) is 2.56. The highest BCUT2D eigenvalue weighted by Crippen LogP contribution is 2.23. The second kappa shape index (κ2) is 6.36. The van der Waals surface area contributed by atoms with Gasteiger partial charge in [-0.25, -0.2) is 4.98 Å². The lowest BCUT2D eigenvalue weighted by Gasteiger charge is -2.39. The summed E-state index contributed by atoms with van der Waals surface area (Å²) in [6, 6.07) is 1.49. The van der Waals surface area contributed by atoms with E-state index in [2.05, 4.69) is 16.8 Å². The Balaban J connectivity index is 2.25. The highest BCUT2D eigenvalue weighted by atomic mass is 35.5. The van der Waals surface area contributed by atoms with Crippen molar-refractivity contribution < 1.29 is 9.72 Å². The van der Waals surface area contributed by atoms with E-state index >= 15 is 0 Å². The van der Waals surface area contributed by atoms with Crippen molar-refractivity contribution in [2.45, 2.75) is 19.9 Å². The van der Waals surface area contributed by atoms with Gasteiger partial charge >= 0.3 is 0 Å². The molecule has 1 aliphatic rings. The lowest BCUT2D eigenvalue weighted by atomic mass is 10.1. The van der Waals surface area contributed by atoms with Gasteiger partial charge in [-0.2, -0.15) is 0 Å². The molecule has 0 saturated carbocycles. The van der Waals surface area contributed by atoms with Gasteiger partial charge in [0.1, 0.15) is 16.9 Å². The van der Waals surface area contributed by atoms with Gasteiger partial charge in [-0.05, 0) is 19.5 Å². The molecule has 2 rings (SSSR count). The molecule has 1 atom stereocenters. The van der Waals surface area contributed by atoms with Crippen LogP contribution < -0.4 is 0 Å². The molecule has 0 aromatic carbocycles. The van der Waals surface area contributed by atoms with Gasteiger partial charge in [0.2, 0.25) is 0 Å². The van der Waals surface area contributed by atoms with Crippen LogP contribution in [0.3, 0.4) is 0 Å². The number of rotatable bonds is 3.